The summed E-state index contributed by atoms with van der Waals surface area (Å²) in [5, 5.41) is 14.3. The summed E-state index contributed by atoms with van der Waals surface area (Å²) in [6.07, 6.45) is 6.76. The van der Waals surface area contributed by atoms with Crippen LogP contribution in [0.4, 0.5) is 13.2 Å². The summed E-state index contributed by atoms with van der Waals surface area (Å²) >= 11 is 0. The lowest BCUT2D eigenvalue weighted by molar-refractivity contribution is -0.141. The van der Waals surface area contributed by atoms with Crippen molar-refractivity contribution in [3.8, 4) is 11.4 Å². The summed E-state index contributed by atoms with van der Waals surface area (Å²) in [6, 6.07) is 6.81. The Balaban J connectivity index is 1.50. The van der Waals surface area contributed by atoms with Gasteiger partial charge in [-0.1, -0.05) is 11.2 Å². The first-order valence-corrected chi connectivity index (χ1v) is 11.1. The fourth-order valence-corrected chi connectivity index (χ4v) is 4.62. The molecule has 1 saturated heterocycles. The first-order valence-electron chi connectivity index (χ1n) is 11.1. The summed E-state index contributed by atoms with van der Waals surface area (Å²) in [5.41, 5.74) is 0.788. The zero-order chi connectivity index (χ0) is 24.7. The van der Waals surface area contributed by atoms with Gasteiger partial charge < -0.3 is 24.1 Å². The summed E-state index contributed by atoms with van der Waals surface area (Å²) in [4.78, 5) is 11.3. The fraction of sp³-hybridized carbons (Fsp3) is 0.280. The van der Waals surface area contributed by atoms with Crippen molar-refractivity contribution in [3.63, 3.8) is 0 Å². The largest absolute Gasteiger partial charge is 0.495 e. The lowest BCUT2D eigenvalue weighted by atomic mass is 9.94. The highest BCUT2D eigenvalue weighted by atomic mass is 19.1. The van der Waals surface area contributed by atoms with Gasteiger partial charge in [0.25, 0.3) is 5.72 Å². The molecule has 2 aliphatic heterocycles. The number of methoxy groups -OCH3 is 1. The number of aryl methyl sites for hydroxylation is 1. The molecule has 5 rings (SSSR count). The molecule has 3 heterocycles. The van der Waals surface area contributed by atoms with Crippen LogP contribution in [0.1, 0.15) is 29.7 Å². The van der Waals surface area contributed by atoms with E-state index >= 15 is 0 Å². The molecular weight excluding hydrogens is 461 g/mol. The van der Waals surface area contributed by atoms with Gasteiger partial charge in [0.15, 0.2) is 5.84 Å². The maximum atomic E-state index is 14.7. The molecule has 0 aliphatic carbocycles. The number of nitrogens with zero attached hydrogens (tertiary/aromatic N) is 4. The van der Waals surface area contributed by atoms with Gasteiger partial charge in [0.05, 0.1) is 30.4 Å². The first-order chi connectivity index (χ1) is 16.9. The number of piperidine rings is 1. The van der Waals surface area contributed by atoms with Gasteiger partial charge in [0, 0.05) is 24.9 Å². The molecule has 0 unspecified atom stereocenters. The molecule has 10 heteroatoms. The van der Waals surface area contributed by atoms with Crippen LogP contribution < -0.4 is 4.74 Å². The topological polar surface area (TPSA) is 72.1 Å². The lowest BCUT2D eigenvalue weighted by Gasteiger charge is -2.39. The molecule has 0 amide bonds. The smallest absolute Gasteiger partial charge is 0.266 e. The van der Waals surface area contributed by atoms with Crippen molar-refractivity contribution < 1.29 is 27.9 Å². The maximum absolute atomic E-state index is 14.7. The van der Waals surface area contributed by atoms with E-state index in [0.717, 1.165) is 22.5 Å². The number of halogens is 3. The highest BCUT2D eigenvalue weighted by molar-refractivity contribution is 6.03. The molecule has 0 bridgehead atoms. The second kappa shape index (κ2) is 8.77. The number of aliphatic hydroxyl groups is 1. The average molecular weight is 484 g/mol. The number of aromatic nitrogens is 2. The Morgan fingerprint density at radius 1 is 1.20 bits per heavy atom. The van der Waals surface area contributed by atoms with E-state index in [1.807, 2.05) is 42.0 Å². The number of amidine groups is 1. The number of oxime groups is 1. The second-order valence-corrected chi connectivity index (χ2v) is 8.47. The van der Waals surface area contributed by atoms with Gasteiger partial charge >= 0.3 is 0 Å². The van der Waals surface area contributed by atoms with Crippen molar-refractivity contribution in [2.24, 2.45) is 5.16 Å². The maximum Gasteiger partial charge on any atom is 0.266 e. The quantitative estimate of drug-likeness (QED) is 0.586. The van der Waals surface area contributed by atoms with Crippen LogP contribution >= 0.6 is 0 Å². The van der Waals surface area contributed by atoms with E-state index in [4.69, 9.17) is 9.57 Å². The van der Waals surface area contributed by atoms with E-state index in [1.165, 1.54) is 4.90 Å². The average Bonchev–Trinajstić information content (AvgIpc) is 3.43. The molecular formula is C25H23F3N4O3. The minimum atomic E-state index is -1.92. The van der Waals surface area contributed by atoms with Crippen LogP contribution in [0.15, 0.2) is 53.6 Å². The highest BCUT2D eigenvalue weighted by Gasteiger charge is 2.52. The third-order valence-electron chi connectivity index (χ3n) is 6.24. The van der Waals surface area contributed by atoms with Gasteiger partial charge in [-0.15, -0.1) is 0 Å². The Labute approximate surface area is 199 Å². The Morgan fingerprint density at radius 2 is 1.97 bits per heavy atom. The predicted molar refractivity (Wildman–Crippen MR) is 122 cm³/mol. The number of hydrogen-bond acceptors (Lipinski definition) is 6. The van der Waals surface area contributed by atoms with Gasteiger partial charge in [-0.25, -0.2) is 18.2 Å². The van der Waals surface area contributed by atoms with Crippen LogP contribution in [0.2, 0.25) is 0 Å². The molecule has 0 saturated carbocycles. The third kappa shape index (κ3) is 3.83. The lowest BCUT2D eigenvalue weighted by Crippen LogP contribution is -2.52. The fourth-order valence-electron chi connectivity index (χ4n) is 4.62. The van der Waals surface area contributed by atoms with Crippen molar-refractivity contribution in [3.05, 3.63) is 82.7 Å². The van der Waals surface area contributed by atoms with E-state index in [1.54, 1.807) is 13.4 Å². The number of fused-ring (bicyclic) bond motifs is 1. The molecule has 0 spiro atoms. The second-order valence-electron chi connectivity index (χ2n) is 8.47. The zero-order valence-electron chi connectivity index (χ0n) is 19.1. The molecule has 0 radical (unpaired) electrons. The summed E-state index contributed by atoms with van der Waals surface area (Å²) < 4.78 is 50.3. The number of imidazole rings is 1. The van der Waals surface area contributed by atoms with E-state index in [2.05, 4.69) is 10.1 Å². The third-order valence-corrected chi connectivity index (χ3v) is 6.24. The number of ether oxygens (including phenoxy) is 1. The SMILES string of the molecule is COc1cc(/C=C2\CCCN3C2=NO[C@]3(CO)c2c(F)cc(F)cc2F)ccc1-n1cnc(C)c1. The summed E-state index contributed by atoms with van der Waals surface area (Å²) in [6.45, 7) is 1.46. The standard InChI is InChI=1S/C25H23F3N4O3/c1-15-12-31(14-29-15)21-6-5-16(9-22(21)34-2)8-17-4-3-7-32-24(17)30-35-25(32,13-33)23-19(27)10-18(26)11-20(23)28/h5-6,8-12,14,33H,3-4,7,13H2,1-2H3/b17-8+/t25-/m1/s1. The minimum absolute atomic E-state index is 0.342. The van der Waals surface area contributed by atoms with Crippen LogP contribution in [-0.4, -0.2) is 45.7 Å². The zero-order valence-corrected chi connectivity index (χ0v) is 19.1. The van der Waals surface area contributed by atoms with Crippen molar-refractivity contribution in [2.75, 3.05) is 20.3 Å². The van der Waals surface area contributed by atoms with Gasteiger partial charge in [0.1, 0.15) is 29.8 Å². The van der Waals surface area contributed by atoms with Crippen molar-refractivity contribution in [1.29, 1.82) is 0 Å². The van der Waals surface area contributed by atoms with Gasteiger partial charge in [0.2, 0.25) is 0 Å². The Bertz CT molecular complexity index is 1330. The molecule has 7 nitrogen and oxygen atoms in total. The number of aliphatic hydroxyl groups excluding tert-OH is 1. The monoisotopic (exact) mass is 484 g/mol. The number of hydrogen-bond donors (Lipinski definition) is 1. The Morgan fingerprint density at radius 3 is 2.63 bits per heavy atom. The molecule has 3 aromatic rings. The molecule has 1 atom stereocenters. The van der Waals surface area contributed by atoms with E-state index in [9.17, 15) is 18.3 Å². The number of benzene rings is 2. The molecule has 35 heavy (non-hydrogen) atoms. The Hall–Kier alpha value is -3.79. The predicted octanol–water partition coefficient (Wildman–Crippen LogP) is 4.27. The normalized spacial score (nSPS) is 20.6. The molecule has 1 N–H and O–H groups in total. The summed E-state index contributed by atoms with van der Waals surface area (Å²) in [5.74, 6) is -2.37. The molecule has 1 aromatic heterocycles. The first kappa shape index (κ1) is 23.0. The van der Waals surface area contributed by atoms with Crippen LogP contribution in [-0.2, 0) is 10.6 Å². The van der Waals surface area contributed by atoms with Crippen LogP contribution in [0.5, 0.6) is 5.75 Å². The Kier molecular flexibility index (Phi) is 5.76. The van der Waals surface area contributed by atoms with E-state index in [-0.39, 0.29) is 0 Å². The van der Waals surface area contributed by atoms with Gasteiger partial charge in [-0.05, 0) is 49.1 Å². The molecule has 2 aliphatic rings. The van der Waals surface area contributed by atoms with Crippen molar-refractivity contribution in [1.82, 2.24) is 14.5 Å². The van der Waals surface area contributed by atoms with Gasteiger partial charge in [-0.2, -0.15) is 0 Å². The highest BCUT2D eigenvalue weighted by Crippen LogP contribution is 2.42. The van der Waals surface area contributed by atoms with Crippen molar-refractivity contribution >= 4 is 11.9 Å². The minimum Gasteiger partial charge on any atom is -0.495 e. The molecule has 2 aromatic carbocycles. The van der Waals surface area contributed by atoms with E-state index < -0.39 is 35.3 Å². The summed E-state index contributed by atoms with van der Waals surface area (Å²) in [7, 11) is 1.58. The van der Waals surface area contributed by atoms with E-state index in [0.29, 0.717) is 43.1 Å². The van der Waals surface area contributed by atoms with Crippen LogP contribution in [0.3, 0.4) is 0 Å². The van der Waals surface area contributed by atoms with Gasteiger partial charge in [-0.3, -0.25) is 0 Å². The molecule has 1 fully saturated rings. The van der Waals surface area contributed by atoms with Crippen LogP contribution in [0, 0.1) is 24.4 Å². The molecule has 182 valence electrons. The van der Waals surface area contributed by atoms with Crippen LogP contribution in [0.25, 0.3) is 11.8 Å². The number of rotatable bonds is 5. The van der Waals surface area contributed by atoms with Crippen molar-refractivity contribution in [2.45, 2.75) is 25.5 Å².